The number of carbonyl (C=O) groups is 3. The molecule has 2 aromatic carbocycles. The van der Waals surface area contributed by atoms with E-state index in [1.54, 1.807) is 29.3 Å². The zero-order valence-electron chi connectivity index (χ0n) is 19.0. The third kappa shape index (κ3) is 7.03. The predicted molar refractivity (Wildman–Crippen MR) is 132 cm³/mol. The van der Waals surface area contributed by atoms with Crippen molar-refractivity contribution in [2.24, 2.45) is 0 Å². The molecule has 3 heterocycles. The maximum Gasteiger partial charge on any atom is 0.241 e. The first-order valence-corrected chi connectivity index (χ1v) is 13.2. The number of hydrogen-bond acceptors (Lipinski definition) is 7. The third-order valence-electron chi connectivity index (χ3n) is 5.69. The lowest BCUT2D eigenvalue weighted by Crippen LogP contribution is -2.38. The largest absolute Gasteiger partial charge is 0.296 e. The van der Waals surface area contributed by atoms with Crippen LogP contribution in [0.4, 0.5) is 8.78 Å². The molecule has 11 heteroatoms. The first-order chi connectivity index (χ1) is 16.8. The Morgan fingerprint density at radius 2 is 1.34 bits per heavy atom. The zero-order chi connectivity index (χ0) is 24.8. The molecule has 7 nitrogen and oxygen atoms in total. The van der Waals surface area contributed by atoms with Gasteiger partial charge in [0.15, 0.2) is 5.78 Å². The van der Waals surface area contributed by atoms with Gasteiger partial charge >= 0.3 is 0 Å². The minimum Gasteiger partial charge on any atom is -0.296 e. The van der Waals surface area contributed by atoms with Crippen LogP contribution in [-0.2, 0) is 27.2 Å². The van der Waals surface area contributed by atoms with Gasteiger partial charge in [0, 0.05) is 18.1 Å². The van der Waals surface area contributed by atoms with Crippen LogP contribution in [0.15, 0.2) is 48.5 Å². The standard InChI is InChI=1S/C13H15FN2OS2.C11H11FN2O2/c14-11-3-1-10(2-4-11)7-12(17)16-9-13(8-15-16)18-5-6-19-13;12-9-3-1-8(2-4-9)5-11(16)14-7-10(15)6-13-14/h1-4,15H,5-9H2;1-4,13H,5-7H2. The van der Waals surface area contributed by atoms with Crippen LogP contribution in [-0.4, -0.2) is 69.4 Å². The molecule has 3 saturated heterocycles. The van der Waals surface area contributed by atoms with Gasteiger partial charge in [-0.05, 0) is 35.4 Å². The molecule has 0 radical (unpaired) electrons. The predicted octanol–water partition coefficient (Wildman–Crippen LogP) is 2.18. The number of halogens is 2. The maximum atomic E-state index is 12.8. The highest BCUT2D eigenvalue weighted by atomic mass is 32.2. The van der Waals surface area contributed by atoms with Crippen LogP contribution in [0.25, 0.3) is 0 Å². The summed E-state index contributed by atoms with van der Waals surface area (Å²) in [6.07, 6.45) is 0.485. The average molecular weight is 521 g/mol. The van der Waals surface area contributed by atoms with Crippen molar-refractivity contribution in [1.82, 2.24) is 20.9 Å². The fourth-order valence-corrected chi connectivity index (χ4v) is 6.85. The number of benzene rings is 2. The van der Waals surface area contributed by atoms with Crippen LogP contribution in [0.2, 0.25) is 0 Å². The number of hydrogen-bond donors (Lipinski definition) is 2. The first-order valence-electron chi connectivity index (χ1n) is 11.2. The summed E-state index contributed by atoms with van der Waals surface area (Å²) >= 11 is 3.88. The molecular weight excluding hydrogens is 494 g/mol. The third-order valence-corrected chi connectivity index (χ3v) is 9.07. The molecule has 2 N–H and O–H groups in total. The molecule has 0 aliphatic carbocycles. The van der Waals surface area contributed by atoms with Crippen molar-refractivity contribution in [3.8, 4) is 0 Å². The molecule has 0 aromatic heterocycles. The lowest BCUT2D eigenvalue weighted by molar-refractivity contribution is -0.133. The van der Waals surface area contributed by atoms with Crippen LogP contribution in [0.3, 0.4) is 0 Å². The summed E-state index contributed by atoms with van der Waals surface area (Å²) in [5, 5.41) is 3.01. The topological polar surface area (TPSA) is 81.8 Å². The monoisotopic (exact) mass is 520 g/mol. The Kier molecular flexibility index (Phi) is 8.42. The van der Waals surface area contributed by atoms with Gasteiger partial charge in [0.2, 0.25) is 11.8 Å². The van der Waals surface area contributed by atoms with E-state index in [2.05, 4.69) is 10.9 Å². The number of hydrazine groups is 2. The Balaban J connectivity index is 0.000000168. The van der Waals surface area contributed by atoms with Gasteiger partial charge in [-0.3, -0.25) is 24.4 Å². The zero-order valence-corrected chi connectivity index (χ0v) is 20.6. The van der Waals surface area contributed by atoms with Crippen LogP contribution in [0.5, 0.6) is 0 Å². The van der Waals surface area contributed by atoms with Gasteiger partial charge in [0.05, 0.1) is 36.6 Å². The number of thioether (sulfide) groups is 2. The highest BCUT2D eigenvalue weighted by Crippen LogP contribution is 2.45. The molecule has 0 bridgehead atoms. The summed E-state index contributed by atoms with van der Waals surface area (Å²) in [5.41, 5.74) is 7.46. The van der Waals surface area contributed by atoms with Crippen molar-refractivity contribution in [1.29, 1.82) is 0 Å². The molecule has 0 saturated carbocycles. The Morgan fingerprint density at radius 1 is 0.829 bits per heavy atom. The summed E-state index contributed by atoms with van der Waals surface area (Å²) in [4.78, 5) is 34.8. The molecule has 35 heavy (non-hydrogen) atoms. The molecule has 2 aromatic rings. The Bertz CT molecular complexity index is 1060. The van der Waals surface area contributed by atoms with Crippen molar-refractivity contribution in [2.75, 3.05) is 37.7 Å². The number of ketones is 1. The number of Topliss-reactive ketones (excluding diaryl/α,β-unsaturated/α-hetero) is 1. The lowest BCUT2D eigenvalue weighted by atomic mass is 10.1. The normalized spacial score (nSPS) is 18.6. The Hall–Kier alpha value is -2.47. The number of amides is 2. The second-order valence-corrected chi connectivity index (χ2v) is 11.6. The van der Waals surface area contributed by atoms with E-state index in [0.717, 1.165) is 35.7 Å². The van der Waals surface area contributed by atoms with Crippen LogP contribution in [0, 0.1) is 11.6 Å². The maximum absolute atomic E-state index is 12.8. The fourth-order valence-electron chi connectivity index (χ4n) is 3.83. The fraction of sp³-hybridized carbons (Fsp3) is 0.375. The summed E-state index contributed by atoms with van der Waals surface area (Å²) in [7, 11) is 0. The van der Waals surface area contributed by atoms with E-state index in [0.29, 0.717) is 6.42 Å². The van der Waals surface area contributed by atoms with Crippen molar-refractivity contribution < 1.29 is 23.2 Å². The molecule has 0 unspecified atom stereocenters. The molecule has 0 atom stereocenters. The highest BCUT2D eigenvalue weighted by Gasteiger charge is 2.43. The molecule has 3 fully saturated rings. The van der Waals surface area contributed by atoms with Gasteiger partial charge < -0.3 is 0 Å². The number of rotatable bonds is 4. The van der Waals surface area contributed by atoms with Gasteiger partial charge in [-0.2, -0.15) is 0 Å². The SMILES string of the molecule is O=C(Cc1ccc(F)cc1)N1CC2(CN1)SCCS2.O=C1CNN(C(=O)Cc2ccc(F)cc2)C1. The number of carbonyl (C=O) groups excluding carboxylic acids is 3. The van der Waals surface area contributed by atoms with E-state index in [9.17, 15) is 23.2 Å². The molecule has 3 aliphatic heterocycles. The van der Waals surface area contributed by atoms with E-state index in [1.165, 1.54) is 29.3 Å². The molecular formula is C24H26F2N4O3S2. The minimum atomic E-state index is -0.328. The van der Waals surface area contributed by atoms with E-state index >= 15 is 0 Å². The van der Waals surface area contributed by atoms with E-state index < -0.39 is 0 Å². The Labute approximate surface area is 210 Å². The van der Waals surface area contributed by atoms with E-state index in [1.807, 2.05) is 23.5 Å². The molecule has 186 valence electrons. The van der Waals surface area contributed by atoms with Crippen LogP contribution < -0.4 is 10.9 Å². The highest BCUT2D eigenvalue weighted by molar-refractivity contribution is 8.21. The average Bonchev–Trinajstić information content (AvgIpc) is 3.60. The lowest BCUT2D eigenvalue weighted by Gasteiger charge is -2.20. The minimum absolute atomic E-state index is 0.00699. The molecule has 5 rings (SSSR count). The van der Waals surface area contributed by atoms with Crippen molar-refractivity contribution in [3.63, 3.8) is 0 Å². The van der Waals surface area contributed by atoms with Gasteiger partial charge in [0.25, 0.3) is 0 Å². The summed E-state index contributed by atoms with van der Waals surface area (Å²) in [6, 6.07) is 11.9. The Morgan fingerprint density at radius 3 is 1.83 bits per heavy atom. The van der Waals surface area contributed by atoms with Crippen molar-refractivity contribution in [3.05, 3.63) is 71.3 Å². The summed E-state index contributed by atoms with van der Waals surface area (Å²) in [5.74, 6) is 1.58. The van der Waals surface area contributed by atoms with Gasteiger partial charge in [-0.15, -0.1) is 23.5 Å². The second kappa shape index (κ2) is 11.5. The van der Waals surface area contributed by atoms with Gasteiger partial charge in [0.1, 0.15) is 11.6 Å². The van der Waals surface area contributed by atoms with Crippen LogP contribution in [0.1, 0.15) is 11.1 Å². The van der Waals surface area contributed by atoms with Gasteiger partial charge in [-0.1, -0.05) is 24.3 Å². The molecule has 1 spiro atoms. The molecule has 3 aliphatic rings. The number of nitrogens with one attached hydrogen (secondary N) is 2. The second-order valence-electron chi connectivity index (χ2n) is 8.38. The smallest absolute Gasteiger partial charge is 0.241 e. The summed E-state index contributed by atoms with van der Waals surface area (Å²) < 4.78 is 25.6. The van der Waals surface area contributed by atoms with E-state index in [-0.39, 0.29) is 52.8 Å². The summed E-state index contributed by atoms with van der Waals surface area (Å²) in [6.45, 7) is 1.91. The first kappa shape index (κ1) is 25.6. The quantitative estimate of drug-likeness (QED) is 0.640. The van der Waals surface area contributed by atoms with Gasteiger partial charge in [-0.25, -0.2) is 19.6 Å². The van der Waals surface area contributed by atoms with E-state index in [4.69, 9.17) is 0 Å². The molecule has 2 amide bonds. The number of nitrogens with zero attached hydrogens (tertiary/aromatic N) is 2. The van der Waals surface area contributed by atoms with Crippen LogP contribution >= 0.6 is 23.5 Å². The van der Waals surface area contributed by atoms with Crippen molar-refractivity contribution >= 4 is 41.1 Å². The van der Waals surface area contributed by atoms with Crippen molar-refractivity contribution in [2.45, 2.75) is 16.9 Å².